The third-order valence-corrected chi connectivity index (χ3v) is 3.25. The topological polar surface area (TPSA) is 91.3 Å². The van der Waals surface area contributed by atoms with Gasteiger partial charge in [0.2, 0.25) is 5.88 Å². The molecule has 8 heteroatoms. The van der Waals surface area contributed by atoms with Crippen LogP contribution in [0.5, 0.6) is 11.6 Å². The average molecular weight is 328 g/mol. The van der Waals surface area contributed by atoms with Gasteiger partial charge in [-0.05, 0) is 18.6 Å². The molecule has 1 aromatic carbocycles. The van der Waals surface area contributed by atoms with Gasteiger partial charge in [-0.2, -0.15) is 0 Å². The molecular weight excluding hydrogens is 317 g/mol. The fraction of sp³-hybridized carbons (Fsp3) is 0.154. The monoisotopic (exact) mass is 327 g/mol. The van der Waals surface area contributed by atoms with Crippen LogP contribution in [0.2, 0.25) is 10.0 Å². The molecule has 2 N–H and O–H groups in total. The highest BCUT2D eigenvalue weighted by Gasteiger charge is 2.17. The normalized spacial score (nSPS) is 12.0. The zero-order chi connectivity index (χ0) is 15.6. The summed E-state index contributed by atoms with van der Waals surface area (Å²) in [5.41, 5.74) is 6.39. The first-order valence-electron chi connectivity index (χ1n) is 5.91. The Hall–Kier alpha value is -1.89. The van der Waals surface area contributed by atoms with Crippen molar-refractivity contribution in [3.63, 3.8) is 0 Å². The molecule has 1 aromatic heterocycles. The van der Waals surface area contributed by atoms with Crippen LogP contribution in [0.1, 0.15) is 18.5 Å². The molecule has 2 aromatic rings. The van der Waals surface area contributed by atoms with Gasteiger partial charge in [-0.1, -0.05) is 23.2 Å². The van der Waals surface area contributed by atoms with E-state index in [1.54, 1.807) is 18.3 Å². The molecule has 0 aliphatic carbocycles. The molecule has 0 bridgehead atoms. The molecule has 110 valence electrons. The molecule has 1 atom stereocenters. The Morgan fingerprint density at radius 1 is 1.33 bits per heavy atom. The van der Waals surface area contributed by atoms with Crippen molar-refractivity contribution in [2.75, 3.05) is 0 Å². The molecule has 6 nitrogen and oxygen atoms in total. The lowest BCUT2D eigenvalue weighted by Gasteiger charge is -2.11. The molecule has 0 saturated heterocycles. The summed E-state index contributed by atoms with van der Waals surface area (Å²) in [4.78, 5) is 14.2. The number of non-ortho nitro benzene ring substituents is 1. The van der Waals surface area contributed by atoms with Gasteiger partial charge in [-0.15, -0.1) is 0 Å². The van der Waals surface area contributed by atoms with Crippen molar-refractivity contribution in [3.05, 3.63) is 56.2 Å². The van der Waals surface area contributed by atoms with Gasteiger partial charge in [-0.25, -0.2) is 4.98 Å². The van der Waals surface area contributed by atoms with Crippen LogP contribution in [0.3, 0.4) is 0 Å². The second kappa shape index (κ2) is 6.26. The Labute approximate surface area is 130 Å². The van der Waals surface area contributed by atoms with E-state index in [0.29, 0.717) is 0 Å². The summed E-state index contributed by atoms with van der Waals surface area (Å²) in [7, 11) is 0. The number of aromatic nitrogens is 1. The number of ether oxygens (including phenoxy) is 1. The number of hydrogen-bond acceptors (Lipinski definition) is 5. The summed E-state index contributed by atoms with van der Waals surface area (Å²) in [5.74, 6) is 0.362. The minimum atomic E-state index is -0.587. The average Bonchev–Trinajstić information content (AvgIpc) is 2.42. The highest BCUT2D eigenvalue weighted by atomic mass is 35.5. The van der Waals surface area contributed by atoms with E-state index < -0.39 is 4.92 Å². The van der Waals surface area contributed by atoms with E-state index in [0.717, 1.165) is 17.7 Å². The van der Waals surface area contributed by atoms with Crippen molar-refractivity contribution in [2.24, 2.45) is 5.73 Å². The summed E-state index contributed by atoms with van der Waals surface area (Å²) in [6.45, 7) is 1.82. The maximum absolute atomic E-state index is 10.7. The highest BCUT2D eigenvalue weighted by molar-refractivity contribution is 6.37. The minimum absolute atomic E-state index is 0.0298. The lowest BCUT2D eigenvalue weighted by atomic mass is 10.1. The largest absolute Gasteiger partial charge is 0.436 e. The standard InChI is InChI=1S/C13H11Cl2N3O3/c1-7(16)8-2-3-17-12(4-8)21-13-10(14)5-9(18(19)20)6-11(13)15/h2-7H,16H2,1H3/t7-/m0/s1. The summed E-state index contributed by atoms with van der Waals surface area (Å²) in [6.07, 6.45) is 1.54. The molecule has 0 unspecified atom stereocenters. The van der Waals surface area contributed by atoms with Crippen molar-refractivity contribution in [1.82, 2.24) is 4.98 Å². The van der Waals surface area contributed by atoms with Crippen LogP contribution in [0.15, 0.2) is 30.5 Å². The zero-order valence-electron chi connectivity index (χ0n) is 10.9. The third kappa shape index (κ3) is 3.60. The number of hydrogen-bond donors (Lipinski definition) is 1. The first kappa shape index (κ1) is 15.5. The van der Waals surface area contributed by atoms with Crippen molar-refractivity contribution in [3.8, 4) is 11.6 Å². The number of nitrogens with zero attached hydrogens (tertiary/aromatic N) is 2. The molecule has 21 heavy (non-hydrogen) atoms. The SMILES string of the molecule is C[C@H](N)c1ccnc(Oc2c(Cl)cc([N+](=O)[O-])cc2Cl)c1. The lowest BCUT2D eigenvalue weighted by molar-refractivity contribution is -0.384. The summed E-state index contributed by atoms with van der Waals surface area (Å²) in [5, 5.41) is 10.8. The van der Waals surface area contributed by atoms with Crippen molar-refractivity contribution in [2.45, 2.75) is 13.0 Å². The van der Waals surface area contributed by atoms with Crippen molar-refractivity contribution < 1.29 is 9.66 Å². The Morgan fingerprint density at radius 2 is 1.95 bits per heavy atom. The molecule has 0 spiro atoms. The Kier molecular flexibility index (Phi) is 4.62. The van der Waals surface area contributed by atoms with Gasteiger partial charge in [0.25, 0.3) is 5.69 Å². The molecule has 0 amide bonds. The maximum atomic E-state index is 10.7. The number of nitro groups is 1. The summed E-state index contributed by atoms with van der Waals surface area (Å²) in [6, 6.07) is 5.56. The van der Waals surface area contributed by atoms with Gasteiger partial charge in [0.05, 0.1) is 15.0 Å². The van der Waals surface area contributed by atoms with Gasteiger partial charge in [0.1, 0.15) is 0 Å². The van der Waals surface area contributed by atoms with E-state index in [1.807, 2.05) is 6.92 Å². The molecule has 0 radical (unpaired) electrons. The van der Waals surface area contributed by atoms with Gasteiger partial charge >= 0.3 is 0 Å². The maximum Gasteiger partial charge on any atom is 0.272 e. The highest BCUT2D eigenvalue weighted by Crippen LogP contribution is 2.39. The molecule has 0 aliphatic rings. The Bertz CT molecular complexity index is 669. The molecule has 0 aliphatic heterocycles. The molecule has 0 saturated carbocycles. The second-order valence-corrected chi connectivity index (χ2v) is 5.13. The number of halogens is 2. The van der Waals surface area contributed by atoms with Gasteiger partial charge < -0.3 is 10.5 Å². The number of benzene rings is 1. The Balaban J connectivity index is 2.36. The van der Waals surface area contributed by atoms with E-state index in [-0.39, 0.29) is 33.4 Å². The van der Waals surface area contributed by atoms with Gasteiger partial charge in [0, 0.05) is 30.4 Å². The number of nitro benzene ring substituents is 1. The second-order valence-electron chi connectivity index (χ2n) is 4.31. The van der Waals surface area contributed by atoms with Crippen LogP contribution in [0.4, 0.5) is 5.69 Å². The van der Waals surface area contributed by atoms with Crippen LogP contribution < -0.4 is 10.5 Å². The van der Waals surface area contributed by atoms with E-state index in [9.17, 15) is 10.1 Å². The van der Waals surface area contributed by atoms with E-state index in [1.165, 1.54) is 0 Å². The number of nitrogens with two attached hydrogens (primary N) is 1. The summed E-state index contributed by atoms with van der Waals surface area (Å²) >= 11 is 11.9. The molecule has 1 heterocycles. The van der Waals surface area contributed by atoms with Crippen LogP contribution in [0.25, 0.3) is 0 Å². The zero-order valence-corrected chi connectivity index (χ0v) is 12.4. The van der Waals surface area contributed by atoms with Crippen LogP contribution in [-0.4, -0.2) is 9.91 Å². The van der Waals surface area contributed by atoms with E-state index in [4.69, 9.17) is 33.7 Å². The first-order chi connectivity index (χ1) is 9.88. The molecule has 2 rings (SSSR count). The predicted octanol–water partition coefficient (Wildman–Crippen LogP) is 4.11. The van der Waals surface area contributed by atoms with E-state index in [2.05, 4.69) is 4.98 Å². The number of rotatable bonds is 4. The molecular formula is C13H11Cl2N3O3. The summed E-state index contributed by atoms with van der Waals surface area (Å²) < 4.78 is 5.51. The van der Waals surface area contributed by atoms with Gasteiger partial charge in [0.15, 0.2) is 5.75 Å². The Morgan fingerprint density at radius 3 is 2.48 bits per heavy atom. The fourth-order valence-electron chi connectivity index (χ4n) is 1.62. The first-order valence-corrected chi connectivity index (χ1v) is 6.67. The van der Waals surface area contributed by atoms with Crippen LogP contribution in [-0.2, 0) is 0 Å². The minimum Gasteiger partial charge on any atom is -0.436 e. The fourth-order valence-corrected chi connectivity index (χ4v) is 2.17. The van der Waals surface area contributed by atoms with Crippen LogP contribution >= 0.6 is 23.2 Å². The number of pyridine rings is 1. The van der Waals surface area contributed by atoms with Crippen molar-refractivity contribution >= 4 is 28.9 Å². The quantitative estimate of drug-likeness (QED) is 0.673. The lowest BCUT2D eigenvalue weighted by Crippen LogP contribution is -2.05. The van der Waals surface area contributed by atoms with Crippen LogP contribution in [0, 0.1) is 10.1 Å². The molecule has 0 fully saturated rings. The third-order valence-electron chi connectivity index (χ3n) is 2.69. The van der Waals surface area contributed by atoms with E-state index >= 15 is 0 Å². The smallest absolute Gasteiger partial charge is 0.272 e. The van der Waals surface area contributed by atoms with Crippen molar-refractivity contribution in [1.29, 1.82) is 0 Å². The van der Waals surface area contributed by atoms with Gasteiger partial charge in [-0.3, -0.25) is 10.1 Å². The predicted molar refractivity (Wildman–Crippen MR) is 80.0 cm³/mol.